The van der Waals surface area contributed by atoms with E-state index >= 15 is 0 Å². The lowest BCUT2D eigenvalue weighted by atomic mass is 9.86. The summed E-state index contributed by atoms with van der Waals surface area (Å²) in [5.41, 5.74) is -2.31. The van der Waals surface area contributed by atoms with E-state index in [4.69, 9.17) is 44.7 Å². The van der Waals surface area contributed by atoms with Gasteiger partial charge in [-0.25, -0.2) is 4.79 Å². The number of rotatable bonds is 4. The van der Waals surface area contributed by atoms with E-state index in [0.29, 0.717) is 11.1 Å². The quantitative estimate of drug-likeness (QED) is 0.580. The summed E-state index contributed by atoms with van der Waals surface area (Å²) in [6, 6.07) is 7.95. The molecular weight excluding hydrogens is 456 g/mol. The Morgan fingerprint density at radius 2 is 1.83 bits per heavy atom. The minimum absolute atomic E-state index is 0.0201. The van der Waals surface area contributed by atoms with E-state index in [2.05, 4.69) is 10.5 Å². The molecule has 0 aliphatic carbocycles. The Bertz CT molecular complexity index is 978. The number of alkyl halides is 3. The molecule has 0 bridgehead atoms. The first-order chi connectivity index (χ1) is 13.5. The monoisotopic (exact) mass is 466 g/mol. The summed E-state index contributed by atoms with van der Waals surface area (Å²) in [7, 11) is 0. The zero-order valence-electron chi connectivity index (χ0n) is 14.4. The van der Waals surface area contributed by atoms with Gasteiger partial charge in [0.2, 0.25) is 0 Å². The topological polar surface area (TPSA) is 70.9 Å². The first-order valence-electron chi connectivity index (χ1n) is 8.06. The van der Waals surface area contributed by atoms with Crippen molar-refractivity contribution in [1.29, 1.82) is 0 Å². The Balaban J connectivity index is 1.97. The molecule has 1 amide bonds. The van der Waals surface area contributed by atoms with Crippen LogP contribution in [0, 0.1) is 0 Å². The number of halogens is 6. The molecule has 11 heteroatoms. The van der Waals surface area contributed by atoms with Gasteiger partial charge in [0.25, 0.3) is 5.60 Å². The van der Waals surface area contributed by atoms with E-state index in [1.807, 2.05) is 0 Å². The number of amides is 1. The Labute approximate surface area is 178 Å². The number of hydrogen-bond donors (Lipinski definition) is 2. The molecule has 5 nitrogen and oxygen atoms in total. The second-order valence-electron chi connectivity index (χ2n) is 6.25. The SMILES string of the molecule is O=C(O)NCc1cc(C2=NOC(c3cc(Cl)cc(Cl)c3)(C(F)(F)F)C2)ccc1Cl. The van der Waals surface area contributed by atoms with E-state index in [-0.39, 0.29) is 32.9 Å². The van der Waals surface area contributed by atoms with Gasteiger partial charge in [-0.1, -0.05) is 46.0 Å². The number of oxime groups is 1. The molecule has 0 fully saturated rings. The summed E-state index contributed by atoms with van der Waals surface area (Å²) >= 11 is 17.8. The lowest BCUT2D eigenvalue weighted by Gasteiger charge is -2.29. The molecule has 1 aliphatic heterocycles. The molecular formula is C18H12Cl3F3N2O3. The van der Waals surface area contributed by atoms with Crippen LogP contribution in [0.5, 0.6) is 0 Å². The van der Waals surface area contributed by atoms with Crippen LogP contribution in [0.25, 0.3) is 0 Å². The van der Waals surface area contributed by atoms with Crippen LogP contribution in [0.3, 0.4) is 0 Å². The maximum absolute atomic E-state index is 14.0. The Hall–Kier alpha value is -2.16. The highest BCUT2D eigenvalue weighted by molar-refractivity contribution is 6.34. The zero-order valence-corrected chi connectivity index (χ0v) is 16.6. The summed E-state index contributed by atoms with van der Waals surface area (Å²) < 4.78 is 42.1. The molecule has 1 aliphatic rings. The Kier molecular flexibility index (Phi) is 5.89. The minimum Gasteiger partial charge on any atom is -0.465 e. The average molecular weight is 468 g/mol. The summed E-state index contributed by atoms with van der Waals surface area (Å²) in [4.78, 5) is 15.6. The molecule has 0 saturated carbocycles. The van der Waals surface area contributed by atoms with Gasteiger partial charge in [-0.05, 0) is 41.5 Å². The lowest BCUT2D eigenvalue weighted by Crippen LogP contribution is -2.42. The third-order valence-electron chi connectivity index (χ3n) is 4.32. The summed E-state index contributed by atoms with van der Waals surface area (Å²) in [5, 5.41) is 14.9. The van der Waals surface area contributed by atoms with Gasteiger partial charge in [-0.3, -0.25) is 0 Å². The van der Waals surface area contributed by atoms with Crippen LogP contribution in [0.1, 0.15) is 23.1 Å². The fraction of sp³-hybridized carbons (Fsp3) is 0.222. The molecule has 2 N–H and O–H groups in total. The predicted molar refractivity (Wildman–Crippen MR) is 103 cm³/mol. The molecule has 0 radical (unpaired) electrons. The molecule has 0 spiro atoms. The average Bonchev–Trinajstić information content (AvgIpc) is 3.07. The van der Waals surface area contributed by atoms with Gasteiger partial charge in [-0.15, -0.1) is 0 Å². The van der Waals surface area contributed by atoms with Gasteiger partial charge in [0, 0.05) is 33.6 Å². The van der Waals surface area contributed by atoms with E-state index < -0.39 is 24.3 Å². The van der Waals surface area contributed by atoms with Crippen molar-refractivity contribution < 1.29 is 27.9 Å². The van der Waals surface area contributed by atoms with Crippen LogP contribution in [-0.2, 0) is 17.0 Å². The number of carboxylic acid groups (broad SMARTS) is 1. The maximum Gasteiger partial charge on any atom is 0.435 e. The molecule has 2 aromatic carbocycles. The highest BCUT2D eigenvalue weighted by atomic mass is 35.5. The maximum atomic E-state index is 14.0. The molecule has 1 atom stereocenters. The van der Waals surface area contributed by atoms with Crippen LogP contribution in [0.15, 0.2) is 41.6 Å². The number of carbonyl (C=O) groups is 1. The Morgan fingerprint density at radius 1 is 1.17 bits per heavy atom. The largest absolute Gasteiger partial charge is 0.465 e. The Morgan fingerprint density at radius 3 is 2.41 bits per heavy atom. The number of benzene rings is 2. The van der Waals surface area contributed by atoms with Crippen molar-refractivity contribution in [2.45, 2.75) is 24.7 Å². The zero-order chi connectivity index (χ0) is 21.4. The van der Waals surface area contributed by atoms with Crippen molar-refractivity contribution in [3.63, 3.8) is 0 Å². The second kappa shape index (κ2) is 7.93. The van der Waals surface area contributed by atoms with Crippen LogP contribution in [-0.4, -0.2) is 23.1 Å². The van der Waals surface area contributed by atoms with Crippen LogP contribution in [0.4, 0.5) is 18.0 Å². The lowest BCUT2D eigenvalue weighted by molar-refractivity contribution is -0.275. The number of nitrogens with one attached hydrogen (secondary N) is 1. The molecule has 0 aromatic heterocycles. The first kappa shape index (κ1) is 21.5. The van der Waals surface area contributed by atoms with Gasteiger partial charge in [0.1, 0.15) is 0 Å². The third kappa shape index (κ3) is 4.39. The normalized spacial score (nSPS) is 18.9. The van der Waals surface area contributed by atoms with Gasteiger partial charge < -0.3 is 15.3 Å². The molecule has 2 aromatic rings. The summed E-state index contributed by atoms with van der Waals surface area (Å²) in [6.07, 6.45) is -6.70. The van der Waals surface area contributed by atoms with Crippen LogP contribution < -0.4 is 5.32 Å². The second-order valence-corrected chi connectivity index (χ2v) is 7.53. The van der Waals surface area contributed by atoms with Gasteiger partial charge in [0.05, 0.1) is 5.71 Å². The van der Waals surface area contributed by atoms with Gasteiger partial charge in [-0.2, -0.15) is 13.2 Å². The summed E-state index contributed by atoms with van der Waals surface area (Å²) in [5.74, 6) is 0. The van der Waals surface area contributed by atoms with Crippen molar-refractivity contribution in [3.8, 4) is 0 Å². The van der Waals surface area contributed by atoms with Gasteiger partial charge in [0.15, 0.2) is 0 Å². The predicted octanol–water partition coefficient (Wildman–Crippen LogP) is 6.00. The fourth-order valence-electron chi connectivity index (χ4n) is 2.91. The highest BCUT2D eigenvalue weighted by Crippen LogP contribution is 2.49. The molecule has 1 unspecified atom stereocenters. The smallest absolute Gasteiger partial charge is 0.435 e. The highest BCUT2D eigenvalue weighted by Gasteiger charge is 2.62. The van der Waals surface area contributed by atoms with Crippen molar-refractivity contribution in [2.24, 2.45) is 5.16 Å². The number of nitrogens with zero attached hydrogens (tertiary/aromatic N) is 1. The first-order valence-corrected chi connectivity index (χ1v) is 9.19. The van der Waals surface area contributed by atoms with Crippen molar-refractivity contribution in [2.75, 3.05) is 0 Å². The van der Waals surface area contributed by atoms with Crippen LogP contribution in [0.2, 0.25) is 15.1 Å². The standard InChI is InChI=1S/C18H12Cl3F3N2O3/c19-12-4-11(5-13(20)6-12)17(18(22,23)24)7-15(26-29-17)9-1-2-14(21)10(3-9)8-25-16(27)28/h1-6,25H,7-8H2,(H,27,28). The van der Waals surface area contributed by atoms with E-state index in [0.717, 1.165) is 12.1 Å². The van der Waals surface area contributed by atoms with Crippen molar-refractivity contribution >= 4 is 46.6 Å². The van der Waals surface area contributed by atoms with Crippen molar-refractivity contribution in [3.05, 3.63) is 68.2 Å². The van der Waals surface area contributed by atoms with Crippen molar-refractivity contribution in [1.82, 2.24) is 5.32 Å². The van der Waals surface area contributed by atoms with E-state index in [1.165, 1.54) is 24.3 Å². The molecule has 154 valence electrons. The molecule has 3 rings (SSSR count). The minimum atomic E-state index is -4.81. The third-order valence-corrected chi connectivity index (χ3v) is 5.13. The molecule has 1 heterocycles. The van der Waals surface area contributed by atoms with Crippen LogP contribution >= 0.6 is 34.8 Å². The molecule has 0 saturated heterocycles. The van der Waals surface area contributed by atoms with Gasteiger partial charge >= 0.3 is 12.3 Å². The molecule has 29 heavy (non-hydrogen) atoms. The fourth-order valence-corrected chi connectivity index (χ4v) is 3.62. The van der Waals surface area contributed by atoms with E-state index in [1.54, 1.807) is 0 Å². The summed E-state index contributed by atoms with van der Waals surface area (Å²) in [6.45, 7) is -0.121. The number of hydrogen-bond acceptors (Lipinski definition) is 3. The van der Waals surface area contributed by atoms with E-state index in [9.17, 15) is 18.0 Å².